The fourth-order valence-electron chi connectivity index (χ4n) is 2.03. The first-order valence-electron chi connectivity index (χ1n) is 7.10. The van der Waals surface area contributed by atoms with Gasteiger partial charge < -0.3 is 4.74 Å². The minimum Gasteiger partial charge on any atom is -0.497 e. The first kappa shape index (κ1) is 17.5. The molecule has 124 valence electrons. The number of rotatable bonds is 5. The largest absolute Gasteiger partial charge is 0.497 e. The number of methoxy groups -OCH3 is 1. The van der Waals surface area contributed by atoms with Gasteiger partial charge >= 0.3 is 6.18 Å². The Balaban J connectivity index is 2.22. The summed E-state index contributed by atoms with van der Waals surface area (Å²) in [5, 5.41) is 0. The number of halogens is 3. The summed E-state index contributed by atoms with van der Waals surface area (Å²) in [6.45, 7) is 0. The molecule has 5 heteroatoms. The third kappa shape index (κ3) is 4.84. The number of hydrogen-bond acceptors (Lipinski definition) is 2. The lowest BCUT2D eigenvalue weighted by atomic mass is 10.0. The van der Waals surface area contributed by atoms with E-state index >= 15 is 0 Å². The molecular formula is C19H15F3O2. The van der Waals surface area contributed by atoms with E-state index in [1.807, 2.05) is 0 Å². The van der Waals surface area contributed by atoms with Crippen molar-refractivity contribution in [2.24, 2.45) is 0 Å². The summed E-state index contributed by atoms with van der Waals surface area (Å²) in [4.78, 5) is 11.9. The standard InChI is InChI=1S/C19H15F3O2/c1-24-17-11-8-14(9-12-17)7-10-16(23)13-18(19(20,21)22)15-5-3-2-4-6-15/h2-13H,1H3/b10-7+,18-13-. The number of carbonyl (C=O) groups is 1. The Hall–Kier alpha value is -2.82. The Morgan fingerprint density at radius 3 is 2.17 bits per heavy atom. The third-order valence-electron chi connectivity index (χ3n) is 3.23. The molecule has 0 unspecified atom stereocenters. The van der Waals surface area contributed by atoms with Crippen LogP contribution >= 0.6 is 0 Å². The van der Waals surface area contributed by atoms with Crippen molar-refractivity contribution >= 4 is 17.4 Å². The maximum Gasteiger partial charge on any atom is 0.417 e. The van der Waals surface area contributed by atoms with Gasteiger partial charge in [-0.05, 0) is 35.4 Å². The SMILES string of the molecule is COc1ccc(/C=C/C(=O)/C=C(/c2ccccc2)C(F)(F)F)cc1. The molecule has 0 aliphatic carbocycles. The van der Waals surface area contributed by atoms with Gasteiger partial charge in [0.25, 0.3) is 0 Å². The molecule has 0 aliphatic heterocycles. The van der Waals surface area contributed by atoms with Crippen LogP contribution in [0.2, 0.25) is 0 Å². The molecule has 0 bridgehead atoms. The van der Waals surface area contributed by atoms with Crippen LogP contribution in [-0.4, -0.2) is 19.1 Å². The van der Waals surface area contributed by atoms with Crippen molar-refractivity contribution in [1.82, 2.24) is 0 Å². The van der Waals surface area contributed by atoms with E-state index < -0.39 is 17.5 Å². The second kappa shape index (κ2) is 7.64. The minimum absolute atomic E-state index is 0.0452. The van der Waals surface area contributed by atoms with Crippen molar-refractivity contribution in [3.63, 3.8) is 0 Å². The lowest BCUT2D eigenvalue weighted by molar-refractivity contribution is -0.110. The van der Waals surface area contributed by atoms with Crippen molar-refractivity contribution in [3.8, 4) is 5.75 Å². The van der Waals surface area contributed by atoms with Crippen LogP contribution in [0.1, 0.15) is 11.1 Å². The quantitative estimate of drug-likeness (QED) is 0.726. The van der Waals surface area contributed by atoms with Crippen molar-refractivity contribution in [2.75, 3.05) is 7.11 Å². The predicted molar refractivity (Wildman–Crippen MR) is 87.5 cm³/mol. The molecule has 0 saturated carbocycles. The predicted octanol–water partition coefficient (Wildman–Crippen LogP) is 4.92. The number of alkyl halides is 3. The summed E-state index contributed by atoms with van der Waals surface area (Å²) in [6.07, 6.45) is -1.44. The van der Waals surface area contributed by atoms with E-state index in [9.17, 15) is 18.0 Å². The number of ether oxygens (including phenoxy) is 1. The Labute approximate surface area is 137 Å². The maximum absolute atomic E-state index is 13.2. The molecule has 2 rings (SSSR count). The zero-order chi connectivity index (χ0) is 17.6. The highest BCUT2D eigenvalue weighted by molar-refractivity contribution is 6.06. The van der Waals surface area contributed by atoms with Gasteiger partial charge in [-0.15, -0.1) is 0 Å². The molecule has 0 heterocycles. The second-order valence-corrected chi connectivity index (χ2v) is 4.93. The second-order valence-electron chi connectivity index (χ2n) is 4.93. The van der Waals surface area contributed by atoms with Gasteiger partial charge in [0.05, 0.1) is 12.7 Å². The molecule has 0 aromatic heterocycles. The molecule has 0 aliphatic rings. The first-order chi connectivity index (χ1) is 11.4. The number of benzene rings is 2. The Morgan fingerprint density at radius 2 is 1.62 bits per heavy atom. The van der Waals surface area contributed by atoms with E-state index in [2.05, 4.69) is 0 Å². The monoisotopic (exact) mass is 332 g/mol. The van der Waals surface area contributed by atoms with Crippen molar-refractivity contribution in [2.45, 2.75) is 6.18 Å². The van der Waals surface area contributed by atoms with Crippen LogP contribution in [0.4, 0.5) is 13.2 Å². The van der Waals surface area contributed by atoms with Crippen molar-refractivity contribution < 1.29 is 22.7 Å². The Morgan fingerprint density at radius 1 is 1.00 bits per heavy atom. The molecule has 24 heavy (non-hydrogen) atoms. The maximum atomic E-state index is 13.2. The highest BCUT2D eigenvalue weighted by Gasteiger charge is 2.34. The van der Waals surface area contributed by atoms with Crippen LogP contribution in [-0.2, 0) is 4.79 Å². The topological polar surface area (TPSA) is 26.3 Å². The highest BCUT2D eigenvalue weighted by Crippen LogP contribution is 2.33. The fraction of sp³-hybridized carbons (Fsp3) is 0.105. The van der Waals surface area contributed by atoms with Gasteiger partial charge in [-0.3, -0.25) is 4.79 Å². The molecule has 0 atom stereocenters. The third-order valence-corrected chi connectivity index (χ3v) is 3.23. The van der Waals surface area contributed by atoms with Crippen LogP contribution in [0.5, 0.6) is 5.75 Å². The van der Waals surface area contributed by atoms with Gasteiger partial charge in [-0.2, -0.15) is 13.2 Å². The lowest BCUT2D eigenvalue weighted by Gasteiger charge is -2.11. The average Bonchev–Trinajstić information content (AvgIpc) is 2.58. The minimum atomic E-state index is -4.61. The summed E-state index contributed by atoms with van der Waals surface area (Å²) in [6, 6.07) is 14.0. The molecular weight excluding hydrogens is 317 g/mol. The molecule has 0 amide bonds. The lowest BCUT2D eigenvalue weighted by Crippen LogP contribution is -2.12. The van der Waals surface area contributed by atoms with E-state index in [1.165, 1.54) is 37.5 Å². The van der Waals surface area contributed by atoms with Gasteiger partial charge in [0.15, 0.2) is 5.78 Å². The molecule has 0 fully saturated rings. The van der Waals surface area contributed by atoms with E-state index in [0.717, 1.165) is 6.08 Å². The number of ketones is 1. The zero-order valence-electron chi connectivity index (χ0n) is 12.9. The molecule has 0 N–H and O–H groups in total. The number of allylic oxidation sites excluding steroid dienone is 3. The summed E-state index contributed by atoms with van der Waals surface area (Å²) in [5.41, 5.74) is -0.325. The smallest absolute Gasteiger partial charge is 0.417 e. The fourth-order valence-corrected chi connectivity index (χ4v) is 2.03. The first-order valence-corrected chi connectivity index (χ1v) is 7.10. The molecule has 0 saturated heterocycles. The van der Waals surface area contributed by atoms with Crippen LogP contribution in [0.25, 0.3) is 11.6 Å². The van der Waals surface area contributed by atoms with Gasteiger partial charge in [-0.1, -0.05) is 48.5 Å². The molecule has 0 radical (unpaired) electrons. The summed E-state index contributed by atoms with van der Waals surface area (Å²) >= 11 is 0. The Bertz CT molecular complexity index is 742. The van der Waals surface area contributed by atoms with Gasteiger partial charge in [0.2, 0.25) is 0 Å². The zero-order valence-corrected chi connectivity index (χ0v) is 12.9. The summed E-state index contributed by atoms with van der Waals surface area (Å²) in [5.74, 6) is -0.0798. The molecule has 2 aromatic rings. The van der Waals surface area contributed by atoms with Crippen LogP contribution < -0.4 is 4.74 Å². The normalized spacial score (nSPS) is 12.4. The van der Waals surface area contributed by atoms with Crippen LogP contribution in [0.15, 0.2) is 66.7 Å². The van der Waals surface area contributed by atoms with Crippen LogP contribution in [0.3, 0.4) is 0 Å². The van der Waals surface area contributed by atoms with E-state index in [1.54, 1.807) is 30.3 Å². The van der Waals surface area contributed by atoms with E-state index in [-0.39, 0.29) is 5.56 Å². The summed E-state index contributed by atoms with van der Waals surface area (Å²) < 4.78 is 44.5. The Kier molecular flexibility index (Phi) is 5.58. The highest BCUT2D eigenvalue weighted by atomic mass is 19.4. The molecule has 2 aromatic carbocycles. The number of hydrogen-bond donors (Lipinski definition) is 0. The molecule has 0 spiro atoms. The van der Waals surface area contributed by atoms with Crippen molar-refractivity contribution in [1.29, 1.82) is 0 Å². The van der Waals surface area contributed by atoms with Gasteiger partial charge in [-0.25, -0.2) is 0 Å². The average molecular weight is 332 g/mol. The molecule has 2 nitrogen and oxygen atoms in total. The van der Waals surface area contributed by atoms with Crippen molar-refractivity contribution in [3.05, 3.63) is 77.9 Å². The van der Waals surface area contributed by atoms with E-state index in [0.29, 0.717) is 17.4 Å². The van der Waals surface area contributed by atoms with E-state index in [4.69, 9.17) is 4.74 Å². The van der Waals surface area contributed by atoms with Gasteiger partial charge in [0, 0.05) is 0 Å². The van der Waals surface area contributed by atoms with Gasteiger partial charge in [0.1, 0.15) is 5.75 Å². The van der Waals surface area contributed by atoms with Crippen LogP contribution in [0, 0.1) is 0 Å². The summed E-state index contributed by atoms with van der Waals surface area (Å²) in [7, 11) is 1.53. The number of carbonyl (C=O) groups excluding carboxylic acids is 1.